The predicted molar refractivity (Wildman–Crippen MR) is 93.6 cm³/mol. The lowest BCUT2D eigenvalue weighted by atomic mass is 10.1. The molecule has 26 heavy (non-hydrogen) atoms. The Balaban J connectivity index is 1.67. The van der Waals surface area contributed by atoms with E-state index in [-0.39, 0.29) is 23.1 Å². The molecule has 0 unspecified atom stereocenters. The number of halogens is 2. The number of amides is 1. The van der Waals surface area contributed by atoms with Crippen molar-refractivity contribution in [2.75, 3.05) is 5.32 Å². The predicted octanol–water partition coefficient (Wildman–Crippen LogP) is 4.84. The van der Waals surface area contributed by atoms with E-state index < -0.39 is 5.91 Å². The minimum absolute atomic E-state index is 0.111. The number of carbonyl (C=O) groups is 1. The third-order valence-corrected chi connectivity index (χ3v) is 4.18. The molecule has 1 N–H and O–H groups in total. The number of rotatable bonds is 3. The van der Waals surface area contributed by atoms with Crippen molar-refractivity contribution < 1.29 is 18.2 Å². The van der Waals surface area contributed by atoms with Gasteiger partial charge in [0.05, 0.1) is 0 Å². The Kier molecular flexibility index (Phi) is 3.93. The van der Waals surface area contributed by atoms with Crippen molar-refractivity contribution in [2.45, 2.75) is 6.92 Å². The fourth-order valence-corrected chi connectivity index (χ4v) is 2.81. The van der Waals surface area contributed by atoms with E-state index in [0.29, 0.717) is 21.7 Å². The summed E-state index contributed by atoms with van der Waals surface area (Å²) in [5.41, 5.74) is 2.04. The molecule has 2 aromatic heterocycles. The maximum absolute atomic E-state index is 13.1. The van der Waals surface area contributed by atoms with Crippen molar-refractivity contribution >= 4 is 34.3 Å². The Morgan fingerprint density at radius 3 is 2.69 bits per heavy atom. The highest BCUT2D eigenvalue weighted by Crippen LogP contribution is 2.29. The molecule has 0 radical (unpaired) electrons. The van der Waals surface area contributed by atoms with E-state index in [1.165, 1.54) is 24.3 Å². The van der Waals surface area contributed by atoms with Crippen LogP contribution in [0, 0.1) is 12.7 Å². The Morgan fingerprint density at radius 2 is 1.92 bits per heavy atom. The number of nitrogens with one attached hydrogen (secondary N) is 1. The Morgan fingerprint density at radius 1 is 1.15 bits per heavy atom. The van der Waals surface area contributed by atoms with Crippen LogP contribution in [-0.2, 0) is 0 Å². The first kappa shape index (κ1) is 16.3. The highest BCUT2D eigenvalue weighted by atomic mass is 35.5. The summed E-state index contributed by atoms with van der Waals surface area (Å²) in [5.74, 6) is -0.643. The average molecular weight is 372 g/mol. The number of aryl methyl sites for hydroxylation is 1. The minimum atomic E-state index is -0.506. The maximum atomic E-state index is 13.1. The number of hydrogen-bond acceptors (Lipinski definition) is 5. The molecule has 6 nitrogen and oxygen atoms in total. The standard InChI is InChI=1S/C18H11ClFN3O3/c1-9-13-8-11(19)4-7-14(13)25-16(9)18(24)21-17-15(22-26-23-17)10-2-5-12(20)6-3-10/h2-8H,1H3,(H,21,23,24). The van der Waals surface area contributed by atoms with Gasteiger partial charge in [-0.15, -0.1) is 0 Å². The van der Waals surface area contributed by atoms with Crippen LogP contribution in [0.2, 0.25) is 5.02 Å². The summed E-state index contributed by atoms with van der Waals surface area (Å²) in [7, 11) is 0. The van der Waals surface area contributed by atoms with Gasteiger partial charge in [0.15, 0.2) is 11.5 Å². The van der Waals surface area contributed by atoms with Crippen LogP contribution in [-0.4, -0.2) is 16.2 Å². The first-order chi connectivity index (χ1) is 12.5. The van der Waals surface area contributed by atoms with Crippen molar-refractivity contribution in [1.82, 2.24) is 10.3 Å². The van der Waals surface area contributed by atoms with Crippen LogP contribution >= 0.6 is 11.6 Å². The second-order valence-corrected chi connectivity index (χ2v) is 6.06. The molecule has 2 aromatic carbocycles. The third-order valence-electron chi connectivity index (χ3n) is 3.94. The number of benzene rings is 2. The molecule has 0 saturated carbocycles. The molecule has 4 aromatic rings. The normalized spacial score (nSPS) is 11.0. The van der Waals surface area contributed by atoms with Crippen LogP contribution in [0.25, 0.3) is 22.2 Å². The summed E-state index contributed by atoms with van der Waals surface area (Å²) in [5, 5.41) is 11.4. The van der Waals surface area contributed by atoms with Gasteiger partial charge in [0.25, 0.3) is 5.91 Å². The largest absolute Gasteiger partial charge is 0.451 e. The van der Waals surface area contributed by atoms with E-state index >= 15 is 0 Å². The van der Waals surface area contributed by atoms with Crippen molar-refractivity contribution in [1.29, 1.82) is 0 Å². The minimum Gasteiger partial charge on any atom is -0.451 e. The van der Waals surface area contributed by atoms with Crippen molar-refractivity contribution in [3.63, 3.8) is 0 Å². The summed E-state index contributed by atoms with van der Waals surface area (Å²) in [4.78, 5) is 12.6. The van der Waals surface area contributed by atoms with Gasteiger partial charge in [0.1, 0.15) is 11.4 Å². The summed E-state index contributed by atoms with van der Waals surface area (Å²) in [6, 6.07) is 10.7. The van der Waals surface area contributed by atoms with Gasteiger partial charge in [0, 0.05) is 21.5 Å². The van der Waals surface area contributed by atoms with Crippen LogP contribution in [0.3, 0.4) is 0 Å². The van der Waals surface area contributed by atoms with E-state index in [4.69, 9.17) is 20.6 Å². The molecule has 0 atom stereocenters. The topological polar surface area (TPSA) is 81.2 Å². The van der Waals surface area contributed by atoms with Gasteiger partial charge >= 0.3 is 0 Å². The maximum Gasteiger partial charge on any atom is 0.292 e. The van der Waals surface area contributed by atoms with Crippen LogP contribution in [0.5, 0.6) is 0 Å². The number of carbonyl (C=O) groups excluding carboxylic acids is 1. The molecule has 0 fully saturated rings. The Labute approximate surface area is 151 Å². The summed E-state index contributed by atoms with van der Waals surface area (Å²) in [6.07, 6.45) is 0. The summed E-state index contributed by atoms with van der Waals surface area (Å²) >= 11 is 5.99. The molecule has 0 spiro atoms. The highest BCUT2D eigenvalue weighted by Gasteiger charge is 2.21. The molecule has 130 valence electrons. The first-order valence-corrected chi connectivity index (χ1v) is 7.99. The zero-order valence-electron chi connectivity index (χ0n) is 13.4. The van der Waals surface area contributed by atoms with Crippen LogP contribution in [0.15, 0.2) is 51.5 Å². The second-order valence-electron chi connectivity index (χ2n) is 5.62. The van der Waals surface area contributed by atoms with Crippen LogP contribution < -0.4 is 5.32 Å². The van der Waals surface area contributed by atoms with Gasteiger partial charge in [-0.25, -0.2) is 9.02 Å². The molecule has 0 aliphatic carbocycles. The van der Waals surface area contributed by atoms with Gasteiger partial charge in [-0.2, -0.15) is 0 Å². The second kappa shape index (κ2) is 6.27. The van der Waals surface area contributed by atoms with E-state index in [9.17, 15) is 9.18 Å². The third kappa shape index (κ3) is 2.82. The zero-order valence-corrected chi connectivity index (χ0v) is 14.2. The summed E-state index contributed by atoms with van der Waals surface area (Å²) < 4.78 is 23.4. The fourth-order valence-electron chi connectivity index (χ4n) is 2.64. The smallest absolute Gasteiger partial charge is 0.292 e. The lowest BCUT2D eigenvalue weighted by Crippen LogP contribution is -2.13. The molecular formula is C18H11ClFN3O3. The molecule has 0 aliphatic heterocycles. The lowest BCUT2D eigenvalue weighted by Gasteiger charge is -2.02. The molecular weight excluding hydrogens is 361 g/mol. The number of hydrogen-bond donors (Lipinski definition) is 1. The van der Waals surface area contributed by atoms with E-state index in [1.54, 1.807) is 25.1 Å². The molecule has 0 aliphatic rings. The Hall–Kier alpha value is -3.19. The quantitative estimate of drug-likeness (QED) is 0.557. The van der Waals surface area contributed by atoms with Gasteiger partial charge in [-0.05, 0) is 59.7 Å². The average Bonchev–Trinajstić information content (AvgIpc) is 3.21. The molecule has 0 bridgehead atoms. The number of furan rings is 1. The van der Waals surface area contributed by atoms with E-state index in [1.807, 2.05) is 0 Å². The Bertz CT molecular complexity index is 1120. The zero-order chi connectivity index (χ0) is 18.3. The van der Waals surface area contributed by atoms with Crippen molar-refractivity contribution in [3.8, 4) is 11.3 Å². The SMILES string of the molecule is Cc1c(C(=O)Nc2nonc2-c2ccc(F)cc2)oc2ccc(Cl)cc12. The fraction of sp³-hybridized carbons (Fsp3) is 0.0556. The van der Waals surface area contributed by atoms with E-state index in [2.05, 4.69) is 15.6 Å². The van der Waals surface area contributed by atoms with Gasteiger partial charge in [-0.3, -0.25) is 10.1 Å². The van der Waals surface area contributed by atoms with Crippen LogP contribution in [0.1, 0.15) is 16.1 Å². The van der Waals surface area contributed by atoms with Gasteiger partial charge in [0.2, 0.25) is 5.82 Å². The first-order valence-electron chi connectivity index (χ1n) is 7.61. The number of anilines is 1. The molecule has 4 rings (SSSR count). The van der Waals surface area contributed by atoms with Crippen molar-refractivity contribution in [2.24, 2.45) is 0 Å². The van der Waals surface area contributed by atoms with Crippen molar-refractivity contribution in [3.05, 3.63) is 64.6 Å². The molecule has 8 heteroatoms. The summed E-state index contributed by atoms with van der Waals surface area (Å²) in [6.45, 7) is 1.76. The lowest BCUT2D eigenvalue weighted by molar-refractivity contribution is 0.0997. The highest BCUT2D eigenvalue weighted by molar-refractivity contribution is 6.31. The van der Waals surface area contributed by atoms with Crippen LogP contribution in [0.4, 0.5) is 10.2 Å². The number of fused-ring (bicyclic) bond motifs is 1. The molecule has 1 amide bonds. The number of aromatic nitrogens is 2. The van der Waals surface area contributed by atoms with E-state index in [0.717, 1.165) is 5.39 Å². The number of nitrogens with zero attached hydrogens (tertiary/aromatic N) is 2. The molecule has 0 saturated heterocycles. The monoisotopic (exact) mass is 371 g/mol. The van der Waals surface area contributed by atoms with Gasteiger partial charge < -0.3 is 4.42 Å². The van der Waals surface area contributed by atoms with Gasteiger partial charge in [-0.1, -0.05) is 11.6 Å². The molecule has 2 heterocycles.